The SMILES string of the molecule is CCC(=O)CC1(C(F)(F)F)NC(=O)N(Cc2ccc(OC)cc2)c2ccc(Cl)cc21. The molecule has 30 heavy (non-hydrogen) atoms. The number of nitrogens with zero attached hydrogens (tertiary/aromatic N) is 1. The number of alkyl halides is 3. The van der Waals surface area contributed by atoms with Crippen molar-refractivity contribution in [3.8, 4) is 5.75 Å². The molecule has 0 aliphatic carbocycles. The number of urea groups is 1. The second-order valence-electron chi connectivity index (χ2n) is 7.00. The van der Waals surface area contributed by atoms with Crippen LogP contribution in [0.5, 0.6) is 5.75 Å². The number of carbonyl (C=O) groups excluding carboxylic acids is 2. The van der Waals surface area contributed by atoms with Gasteiger partial charge in [0.1, 0.15) is 11.5 Å². The van der Waals surface area contributed by atoms with E-state index in [-0.39, 0.29) is 29.2 Å². The standard InChI is InChI=1S/C21H20ClF3N2O3/c1-3-15(28)11-20(21(23,24)25)17-10-14(22)6-9-18(17)27(19(29)26-20)12-13-4-7-16(30-2)8-5-13/h4-10H,3,11-12H2,1-2H3,(H,26,29). The minimum atomic E-state index is -4.90. The lowest BCUT2D eigenvalue weighted by Gasteiger charge is -2.44. The Bertz CT molecular complexity index is 963. The Morgan fingerprint density at radius 1 is 1.20 bits per heavy atom. The van der Waals surface area contributed by atoms with Gasteiger partial charge in [-0.05, 0) is 35.9 Å². The molecule has 1 aliphatic rings. The van der Waals surface area contributed by atoms with Gasteiger partial charge in [0.05, 0.1) is 19.3 Å². The molecule has 1 aliphatic heterocycles. The van der Waals surface area contributed by atoms with Crippen molar-refractivity contribution in [3.63, 3.8) is 0 Å². The Labute approximate surface area is 176 Å². The molecule has 0 aromatic heterocycles. The summed E-state index contributed by atoms with van der Waals surface area (Å²) in [6, 6.07) is 9.83. The Morgan fingerprint density at radius 3 is 2.43 bits per heavy atom. The summed E-state index contributed by atoms with van der Waals surface area (Å²) in [5.74, 6) is -0.00894. The van der Waals surface area contributed by atoms with Crippen LogP contribution >= 0.6 is 11.6 Å². The molecule has 160 valence electrons. The molecule has 0 fully saturated rings. The molecule has 5 nitrogen and oxygen atoms in total. The highest BCUT2D eigenvalue weighted by molar-refractivity contribution is 6.30. The van der Waals surface area contributed by atoms with Gasteiger partial charge in [-0.3, -0.25) is 9.69 Å². The van der Waals surface area contributed by atoms with Crippen molar-refractivity contribution >= 4 is 29.1 Å². The largest absolute Gasteiger partial charge is 0.497 e. The van der Waals surface area contributed by atoms with Gasteiger partial charge >= 0.3 is 12.2 Å². The summed E-state index contributed by atoms with van der Waals surface area (Å²) in [5.41, 5.74) is -2.35. The number of rotatable bonds is 6. The number of ketones is 1. The Kier molecular flexibility index (Phi) is 5.99. The van der Waals surface area contributed by atoms with Crippen molar-refractivity contribution in [2.75, 3.05) is 12.0 Å². The second kappa shape index (κ2) is 8.18. The number of carbonyl (C=O) groups is 2. The molecule has 0 radical (unpaired) electrons. The van der Waals surface area contributed by atoms with Crippen LogP contribution in [-0.2, 0) is 16.9 Å². The van der Waals surface area contributed by atoms with E-state index in [0.29, 0.717) is 11.3 Å². The topological polar surface area (TPSA) is 58.6 Å². The number of anilines is 1. The maximum atomic E-state index is 14.3. The van der Waals surface area contributed by atoms with E-state index in [1.807, 2.05) is 0 Å². The van der Waals surface area contributed by atoms with Gasteiger partial charge in [0.15, 0.2) is 5.54 Å². The number of methoxy groups -OCH3 is 1. The van der Waals surface area contributed by atoms with E-state index < -0.39 is 30.0 Å². The highest BCUT2D eigenvalue weighted by atomic mass is 35.5. The first kappa shape index (κ1) is 22.0. The van der Waals surface area contributed by atoms with E-state index in [2.05, 4.69) is 5.32 Å². The maximum Gasteiger partial charge on any atom is 0.416 e. The van der Waals surface area contributed by atoms with E-state index in [1.54, 1.807) is 24.3 Å². The van der Waals surface area contributed by atoms with Crippen molar-refractivity contribution in [2.45, 2.75) is 38.0 Å². The molecule has 1 unspecified atom stereocenters. The van der Waals surface area contributed by atoms with Crippen LogP contribution in [0.15, 0.2) is 42.5 Å². The predicted molar refractivity (Wildman–Crippen MR) is 107 cm³/mol. The maximum absolute atomic E-state index is 14.3. The number of nitrogens with one attached hydrogen (secondary N) is 1. The fraction of sp³-hybridized carbons (Fsp3) is 0.333. The van der Waals surface area contributed by atoms with Crippen molar-refractivity contribution in [3.05, 3.63) is 58.6 Å². The molecule has 0 spiro atoms. The summed E-state index contributed by atoms with van der Waals surface area (Å²) in [5, 5.41) is 2.15. The first-order valence-electron chi connectivity index (χ1n) is 9.22. The van der Waals surface area contributed by atoms with Crippen LogP contribution in [0, 0.1) is 0 Å². The van der Waals surface area contributed by atoms with Gasteiger partial charge in [-0.15, -0.1) is 0 Å². The van der Waals surface area contributed by atoms with Gasteiger partial charge < -0.3 is 10.1 Å². The Morgan fingerprint density at radius 2 is 1.87 bits per heavy atom. The third kappa shape index (κ3) is 3.96. The predicted octanol–water partition coefficient (Wildman–Crippen LogP) is 5.21. The lowest BCUT2D eigenvalue weighted by atomic mass is 9.81. The molecule has 0 saturated carbocycles. The van der Waals surface area contributed by atoms with Crippen LogP contribution in [0.2, 0.25) is 5.02 Å². The highest BCUT2D eigenvalue weighted by Gasteiger charge is 2.61. The fourth-order valence-electron chi connectivity index (χ4n) is 3.47. The summed E-state index contributed by atoms with van der Waals surface area (Å²) >= 11 is 6.00. The van der Waals surface area contributed by atoms with E-state index in [0.717, 1.165) is 6.07 Å². The number of benzene rings is 2. The zero-order valence-electron chi connectivity index (χ0n) is 16.3. The number of Topliss-reactive ketones (excluding diaryl/α,β-unsaturated/α-hetero) is 1. The molecule has 2 aromatic rings. The summed E-state index contributed by atoms with van der Waals surface area (Å²) in [4.78, 5) is 26.1. The molecule has 1 atom stereocenters. The van der Waals surface area contributed by atoms with Crippen molar-refractivity contribution in [2.24, 2.45) is 0 Å². The fourth-order valence-corrected chi connectivity index (χ4v) is 3.64. The number of hydrogen-bond donors (Lipinski definition) is 1. The molecule has 3 rings (SSSR count). The molecule has 1 heterocycles. The Balaban J connectivity index is 2.11. The summed E-state index contributed by atoms with van der Waals surface area (Å²) in [6.07, 6.45) is -5.89. The third-order valence-corrected chi connectivity index (χ3v) is 5.35. The lowest BCUT2D eigenvalue weighted by molar-refractivity contribution is -0.200. The average Bonchev–Trinajstić information content (AvgIpc) is 2.70. The summed E-state index contributed by atoms with van der Waals surface area (Å²) < 4.78 is 47.9. The summed E-state index contributed by atoms with van der Waals surface area (Å²) in [7, 11) is 1.52. The van der Waals surface area contributed by atoms with Crippen LogP contribution in [0.1, 0.15) is 30.9 Å². The minimum Gasteiger partial charge on any atom is -0.497 e. The quantitative estimate of drug-likeness (QED) is 0.671. The summed E-state index contributed by atoms with van der Waals surface area (Å²) in [6.45, 7) is 1.51. The van der Waals surface area contributed by atoms with Crippen molar-refractivity contribution < 1.29 is 27.5 Å². The molecule has 0 bridgehead atoms. The van der Waals surface area contributed by atoms with Gasteiger partial charge in [0, 0.05) is 23.4 Å². The van der Waals surface area contributed by atoms with Crippen LogP contribution in [0.25, 0.3) is 0 Å². The number of fused-ring (bicyclic) bond motifs is 1. The van der Waals surface area contributed by atoms with Gasteiger partial charge in [-0.25, -0.2) is 4.79 Å². The molecular formula is C21H20ClF3N2O3. The van der Waals surface area contributed by atoms with Crippen LogP contribution < -0.4 is 15.0 Å². The van der Waals surface area contributed by atoms with Gasteiger partial charge in [0.2, 0.25) is 0 Å². The van der Waals surface area contributed by atoms with Crippen molar-refractivity contribution in [1.82, 2.24) is 5.32 Å². The first-order valence-corrected chi connectivity index (χ1v) is 9.60. The monoisotopic (exact) mass is 440 g/mol. The van der Waals surface area contributed by atoms with Gasteiger partial charge in [0.25, 0.3) is 0 Å². The highest BCUT2D eigenvalue weighted by Crippen LogP contribution is 2.49. The van der Waals surface area contributed by atoms with E-state index in [4.69, 9.17) is 16.3 Å². The number of ether oxygens (including phenoxy) is 1. The first-order chi connectivity index (χ1) is 14.1. The van der Waals surface area contributed by atoms with Crippen molar-refractivity contribution in [1.29, 1.82) is 0 Å². The smallest absolute Gasteiger partial charge is 0.416 e. The number of halogens is 4. The second-order valence-corrected chi connectivity index (χ2v) is 7.43. The lowest BCUT2D eigenvalue weighted by Crippen LogP contribution is -2.63. The Hall–Kier alpha value is -2.74. The molecule has 2 amide bonds. The van der Waals surface area contributed by atoms with Crippen LogP contribution in [0.3, 0.4) is 0 Å². The zero-order chi connectivity index (χ0) is 22.1. The molecular weight excluding hydrogens is 421 g/mol. The molecule has 9 heteroatoms. The number of hydrogen-bond acceptors (Lipinski definition) is 3. The molecule has 0 saturated heterocycles. The number of amides is 2. The zero-order valence-corrected chi connectivity index (χ0v) is 17.1. The molecule has 2 aromatic carbocycles. The van der Waals surface area contributed by atoms with E-state index in [9.17, 15) is 22.8 Å². The molecule has 1 N–H and O–H groups in total. The van der Waals surface area contributed by atoms with Crippen LogP contribution in [0.4, 0.5) is 23.7 Å². The van der Waals surface area contributed by atoms with E-state index >= 15 is 0 Å². The normalized spacial score (nSPS) is 18.6. The van der Waals surface area contributed by atoms with E-state index in [1.165, 1.54) is 31.1 Å². The third-order valence-electron chi connectivity index (χ3n) is 5.11. The van der Waals surface area contributed by atoms with Gasteiger partial charge in [-0.1, -0.05) is 30.7 Å². The van der Waals surface area contributed by atoms with Gasteiger partial charge in [-0.2, -0.15) is 13.2 Å². The van der Waals surface area contributed by atoms with Crippen LogP contribution in [-0.4, -0.2) is 25.1 Å². The average molecular weight is 441 g/mol. The minimum absolute atomic E-state index is 0.0279.